The molecule has 0 radical (unpaired) electrons. The largest absolute Gasteiger partial charge is 0.295 e. The number of aryl methyl sites for hydroxylation is 1. The van der Waals surface area contributed by atoms with Gasteiger partial charge in [0.1, 0.15) is 0 Å². The van der Waals surface area contributed by atoms with E-state index in [4.69, 9.17) is 0 Å². The zero-order chi connectivity index (χ0) is 15.1. The van der Waals surface area contributed by atoms with Crippen molar-refractivity contribution >= 4 is 11.9 Å². The van der Waals surface area contributed by atoms with Gasteiger partial charge >= 0.3 is 0 Å². The molecule has 0 aliphatic carbocycles. The van der Waals surface area contributed by atoms with E-state index >= 15 is 0 Å². The predicted octanol–water partition coefficient (Wildman–Crippen LogP) is 3.39. The number of carbonyl (C=O) groups is 1. The van der Waals surface area contributed by atoms with Crippen molar-refractivity contribution in [3.05, 3.63) is 30.3 Å². The summed E-state index contributed by atoms with van der Waals surface area (Å²) in [7, 11) is 1.78. The summed E-state index contributed by atoms with van der Waals surface area (Å²) in [5, 5.41) is 7.16. The van der Waals surface area contributed by atoms with Crippen LogP contribution in [0.4, 0.5) is 5.95 Å². The van der Waals surface area contributed by atoms with Crippen LogP contribution in [0.2, 0.25) is 0 Å². The van der Waals surface area contributed by atoms with Crippen molar-refractivity contribution in [3.63, 3.8) is 0 Å². The van der Waals surface area contributed by atoms with Crippen molar-refractivity contribution in [3.8, 4) is 11.4 Å². The van der Waals surface area contributed by atoms with Crippen molar-refractivity contribution in [2.24, 2.45) is 7.05 Å². The van der Waals surface area contributed by atoms with Crippen molar-refractivity contribution in [2.75, 3.05) is 5.32 Å². The third kappa shape index (κ3) is 4.41. The van der Waals surface area contributed by atoms with Crippen LogP contribution in [0, 0.1) is 0 Å². The Hall–Kier alpha value is -2.17. The minimum absolute atomic E-state index is 0.00112. The predicted molar refractivity (Wildman–Crippen MR) is 83.8 cm³/mol. The van der Waals surface area contributed by atoms with Crippen molar-refractivity contribution in [2.45, 2.75) is 39.0 Å². The number of carbonyl (C=O) groups excluding carboxylic acids is 1. The molecule has 21 heavy (non-hydrogen) atoms. The number of hydrogen-bond donors (Lipinski definition) is 1. The molecule has 1 amide bonds. The quantitative estimate of drug-likeness (QED) is 0.794. The first-order valence-electron chi connectivity index (χ1n) is 7.47. The van der Waals surface area contributed by atoms with Crippen LogP contribution in [0.5, 0.6) is 0 Å². The summed E-state index contributed by atoms with van der Waals surface area (Å²) >= 11 is 0. The lowest BCUT2D eigenvalue weighted by atomic mass is 10.1. The molecule has 2 aromatic rings. The van der Waals surface area contributed by atoms with Gasteiger partial charge in [-0.3, -0.25) is 10.1 Å². The Kier molecular flexibility index (Phi) is 5.49. The molecular weight excluding hydrogens is 264 g/mol. The van der Waals surface area contributed by atoms with Gasteiger partial charge in [0.15, 0.2) is 5.82 Å². The maximum Gasteiger partial charge on any atom is 0.228 e. The van der Waals surface area contributed by atoms with E-state index in [-0.39, 0.29) is 5.91 Å². The van der Waals surface area contributed by atoms with E-state index in [1.54, 1.807) is 11.7 Å². The number of unbranched alkanes of at least 4 members (excludes halogenated alkanes) is 3. The van der Waals surface area contributed by atoms with E-state index in [1.165, 1.54) is 12.8 Å². The maximum absolute atomic E-state index is 11.9. The molecule has 0 spiro atoms. The second kappa shape index (κ2) is 7.57. The van der Waals surface area contributed by atoms with Gasteiger partial charge in [-0.2, -0.15) is 4.98 Å². The Labute approximate surface area is 125 Å². The van der Waals surface area contributed by atoms with Crippen LogP contribution in [0.3, 0.4) is 0 Å². The van der Waals surface area contributed by atoms with E-state index in [2.05, 4.69) is 22.3 Å². The number of nitrogens with one attached hydrogen (secondary N) is 1. The first-order valence-corrected chi connectivity index (χ1v) is 7.47. The molecule has 0 aliphatic rings. The van der Waals surface area contributed by atoms with Crippen LogP contribution in [-0.4, -0.2) is 20.7 Å². The first kappa shape index (κ1) is 15.2. The van der Waals surface area contributed by atoms with Gasteiger partial charge < -0.3 is 0 Å². The molecule has 0 bridgehead atoms. The fraction of sp³-hybridized carbons (Fsp3) is 0.438. The number of amides is 1. The van der Waals surface area contributed by atoms with E-state index in [0.717, 1.165) is 18.4 Å². The number of anilines is 1. The summed E-state index contributed by atoms with van der Waals surface area (Å²) in [6, 6.07) is 9.73. The van der Waals surface area contributed by atoms with Gasteiger partial charge in [-0.1, -0.05) is 56.5 Å². The fourth-order valence-electron chi connectivity index (χ4n) is 2.10. The third-order valence-corrected chi connectivity index (χ3v) is 3.30. The monoisotopic (exact) mass is 286 g/mol. The van der Waals surface area contributed by atoms with Gasteiger partial charge in [0.2, 0.25) is 11.9 Å². The highest BCUT2D eigenvalue weighted by atomic mass is 16.1. The molecule has 0 atom stereocenters. The summed E-state index contributed by atoms with van der Waals surface area (Å²) < 4.78 is 1.60. The average molecular weight is 286 g/mol. The number of benzene rings is 1. The fourth-order valence-corrected chi connectivity index (χ4v) is 2.10. The van der Waals surface area contributed by atoms with Gasteiger partial charge in [-0.05, 0) is 6.42 Å². The SMILES string of the molecule is CCCCCCC(=O)Nc1nc(-c2ccccc2)nn1C. The maximum atomic E-state index is 11.9. The highest BCUT2D eigenvalue weighted by Gasteiger charge is 2.11. The summed E-state index contributed by atoms with van der Waals surface area (Å²) in [6.07, 6.45) is 4.90. The second-order valence-corrected chi connectivity index (χ2v) is 5.11. The molecule has 1 N–H and O–H groups in total. The summed E-state index contributed by atoms with van der Waals surface area (Å²) in [4.78, 5) is 16.3. The zero-order valence-electron chi connectivity index (χ0n) is 12.7. The van der Waals surface area contributed by atoms with Crippen LogP contribution in [0.25, 0.3) is 11.4 Å². The molecule has 5 heteroatoms. The Bertz CT molecular complexity index is 577. The highest BCUT2D eigenvalue weighted by Crippen LogP contribution is 2.16. The number of nitrogens with zero attached hydrogens (tertiary/aromatic N) is 3. The van der Waals surface area contributed by atoms with Gasteiger partial charge in [0.05, 0.1) is 0 Å². The van der Waals surface area contributed by atoms with E-state index in [1.807, 2.05) is 30.3 Å². The van der Waals surface area contributed by atoms with Gasteiger partial charge in [0, 0.05) is 19.0 Å². The Balaban J connectivity index is 1.95. The van der Waals surface area contributed by atoms with E-state index in [9.17, 15) is 4.79 Å². The Morgan fingerprint density at radius 3 is 2.67 bits per heavy atom. The topological polar surface area (TPSA) is 59.8 Å². The van der Waals surface area contributed by atoms with Crippen molar-refractivity contribution < 1.29 is 4.79 Å². The van der Waals surface area contributed by atoms with Crippen LogP contribution < -0.4 is 5.32 Å². The van der Waals surface area contributed by atoms with Gasteiger partial charge in [0.25, 0.3) is 0 Å². The molecule has 0 saturated heterocycles. The lowest BCUT2D eigenvalue weighted by Crippen LogP contribution is -2.14. The Morgan fingerprint density at radius 2 is 1.95 bits per heavy atom. The van der Waals surface area contributed by atoms with Gasteiger partial charge in [-0.25, -0.2) is 4.68 Å². The standard InChI is InChI=1S/C16H22N4O/c1-3-4-5-9-12-14(21)17-16-18-15(19-20(16)2)13-10-7-6-8-11-13/h6-8,10-11H,3-5,9,12H2,1-2H3,(H,17,18,19,21). The molecule has 5 nitrogen and oxygen atoms in total. The van der Waals surface area contributed by atoms with E-state index in [0.29, 0.717) is 18.2 Å². The highest BCUT2D eigenvalue weighted by molar-refractivity contribution is 5.89. The molecule has 0 aliphatic heterocycles. The number of rotatable bonds is 7. The second-order valence-electron chi connectivity index (χ2n) is 5.11. The molecule has 1 aromatic carbocycles. The molecule has 112 valence electrons. The molecule has 0 fully saturated rings. The molecule has 0 unspecified atom stereocenters. The van der Waals surface area contributed by atoms with Gasteiger partial charge in [-0.15, -0.1) is 5.10 Å². The van der Waals surface area contributed by atoms with Crippen LogP contribution in [0.1, 0.15) is 39.0 Å². The number of aromatic nitrogens is 3. The summed E-state index contributed by atoms with van der Waals surface area (Å²) in [6.45, 7) is 2.16. The number of hydrogen-bond acceptors (Lipinski definition) is 3. The first-order chi connectivity index (χ1) is 10.2. The lowest BCUT2D eigenvalue weighted by molar-refractivity contribution is -0.116. The lowest BCUT2D eigenvalue weighted by Gasteiger charge is -2.03. The Morgan fingerprint density at radius 1 is 1.19 bits per heavy atom. The van der Waals surface area contributed by atoms with Crippen molar-refractivity contribution in [1.29, 1.82) is 0 Å². The van der Waals surface area contributed by atoms with Crippen molar-refractivity contribution in [1.82, 2.24) is 14.8 Å². The summed E-state index contributed by atoms with van der Waals surface area (Å²) in [5.41, 5.74) is 0.941. The molecular formula is C16H22N4O. The average Bonchev–Trinajstić information content (AvgIpc) is 2.86. The van der Waals surface area contributed by atoms with E-state index < -0.39 is 0 Å². The van der Waals surface area contributed by atoms with Crippen LogP contribution in [-0.2, 0) is 11.8 Å². The smallest absolute Gasteiger partial charge is 0.228 e. The molecule has 1 heterocycles. The molecule has 2 rings (SSSR count). The molecule has 0 saturated carbocycles. The summed E-state index contributed by atoms with van der Waals surface area (Å²) in [5.74, 6) is 1.12. The normalized spacial score (nSPS) is 10.6. The minimum atomic E-state index is 0.00112. The van der Waals surface area contributed by atoms with Crippen LogP contribution in [0.15, 0.2) is 30.3 Å². The zero-order valence-corrected chi connectivity index (χ0v) is 12.7. The minimum Gasteiger partial charge on any atom is -0.295 e. The third-order valence-electron chi connectivity index (χ3n) is 3.30. The van der Waals surface area contributed by atoms with Crippen LogP contribution >= 0.6 is 0 Å². The molecule has 1 aromatic heterocycles.